The summed E-state index contributed by atoms with van der Waals surface area (Å²) < 4.78 is 1.88. The molecular weight excluding hydrogens is 164 g/mol. The molecule has 1 atom stereocenters. The monoisotopic (exact) mass is 182 g/mol. The first-order valence-corrected chi connectivity index (χ1v) is 4.70. The summed E-state index contributed by atoms with van der Waals surface area (Å²) in [5.41, 5.74) is 5.97. The van der Waals surface area contributed by atoms with Gasteiger partial charge < -0.3 is 10.3 Å². The predicted molar refractivity (Wildman–Crippen MR) is 52.0 cm³/mol. The van der Waals surface area contributed by atoms with Crippen LogP contribution >= 0.6 is 0 Å². The number of nitrogens with two attached hydrogens (primary N) is 1. The Hall–Kier alpha value is -0.900. The summed E-state index contributed by atoms with van der Waals surface area (Å²) in [7, 11) is 1.92. The molecule has 0 saturated carbocycles. The lowest BCUT2D eigenvalue weighted by Gasteiger charge is -2.11. The highest BCUT2D eigenvalue weighted by Gasteiger charge is 2.11. The van der Waals surface area contributed by atoms with Gasteiger partial charge in [-0.3, -0.25) is 0 Å². The van der Waals surface area contributed by atoms with Crippen LogP contribution in [0.25, 0.3) is 0 Å². The van der Waals surface area contributed by atoms with Crippen molar-refractivity contribution in [3.63, 3.8) is 0 Å². The molecule has 4 heteroatoms. The van der Waals surface area contributed by atoms with Gasteiger partial charge in [-0.1, -0.05) is 13.8 Å². The highest BCUT2D eigenvalue weighted by atomic mass is 15.3. The molecule has 0 aliphatic carbocycles. The molecule has 1 aromatic rings. The maximum Gasteiger partial charge on any atom is 0.149 e. The van der Waals surface area contributed by atoms with E-state index in [-0.39, 0.29) is 6.04 Å². The highest BCUT2D eigenvalue weighted by Crippen LogP contribution is 2.15. The summed E-state index contributed by atoms with van der Waals surface area (Å²) in [5, 5.41) is 7.78. The van der Waals surface area contributed by atoms with Crippen LogP contribution in [0.1, 0.15) is 38.6 Å². The quantitative estimate of drug-likeness (QED) is 0.762. The SMILES string of the molecule is CC(C)CCC(N)c1nncn1C. The van der Waals surface area contributed by atoms with Crippen LogP contribution in [-0.4, -0.2) is 14.8 Å². The van der Waals surface area contributed by atoms with Gasteiger partial charge >= 0.3 is 0 Å². The van der Waals surface area contributed by atoms with E-state index >= 15 is 0 Å². The molecule has 0 saturated heterocycles. The Labute approximate surface area is 79.2 Å². The van der Waals surface area contributed by atoms with Gasteiger partial charge in [0.15, 0.2) is 0 Å². The van der Waals surface area contributed by atoms with E-state index in [1.165, 1.54) is 0 Å². The fraction of sp³-hybridized carbons (Fsp3) is 0.778. The number of aromatic nitrogens is 3. The fourth-order valence-electron chi connectivity index (χ4n) is 1.27. The third kappa shape index (κ3) is 2.81. The zero-order valence-corrected chi connectivity index (χ0v) is 8.57. The highest BCUT2D eigenvalue weighted by molar-refractivity contribution is 4.92. The molecule has 0 radical (unpaired) electrons. The van der Waals surface area contributed by atoms with Gasteiger partial charge in [0, 0.05) is 7.05 Å². The number of hydrogen-bond donors (Lipinski definition) is 1. The van der Waals surface area contributed by atoms with Crippen LogP contribution in [0.5, 0.6) is 0 Å². The molecule has 0 aliphatic heterocycles. The Bertz CT molecular complexity index is 254. The first-order valence-electron chi connectivity index (χ1n) is 4.70. The molecule has 1 rings (SSSR count). The molecule has 74 valence electrons. The van der Waals surface area contributed by atoms with E-state index in [9.17, 15) is 0 Å². The van der Waals surface area contributed by atoms with Crippen molar-refractivity contribution >= 4 is 0 Å². The molecule has 0 spiro atoms. The van der Waals surface area contributed by atoms with Crippen molar-refractivity contribution in [1.29, 1.82) is 0 Å². The van der Waals surface area contributed by atoms with Gasteiger partial charge in [-0.2, -0.15) is 0 Å². The molecule has 4 nitrogen and oxygen atoms in total. The first kappa shape index (κ1) is 10.2. The first-order chi connectivity index (χ1) is 6.11. The maximum atomic E-state index is 5.97. The summed E-state index contributed by atoms with van der Waals surface area (Å²) >= 11 is 0. The lowest BCUT2D eigenvalue weighted by Crippen LogP contribution is -2.15. The maximum absolute atomic E-state index is 5.97. The second-order valence-electron chi connectivity index (χ2n) is 3.88. The van der Waals surface area contributed by atoms with Crippen molar-refractivity contribution in [3.05, 3.63) is 12.2 Å². The minimum absolute atomic E-state index is 0.0231. The summed E-state index contributed by atoms with van der Waals surface area (Å²) in [6.45, 7) is 4.40. The number of aryl methyl sites for hydroxylation is 1. The van der Waals surface area contributed by atoms with Gasteiger partial charge in [0.05, 0.1) is 6.04 Å². The molecular formula is C9H18N4. The van der Waals surface area contributed by atoms with Crippen LogP contribution in [0.4, 0.5) is 0 Å². The molecule has 0 fully saturated rings. The minimum Gasteiger partial charge on any atom is -0.321 e. The smallest absolute Gasteiger partial charge is 0.149 e. The van der Waals surface area contributed by atoms with E-state index in [1.807, 2.05) is 11.6 Å². The van der Waals surface area contributed by atoms with Gasteiger partial charge in [0.1, 0.15) is 12.2 Å². The van der Waals surface area contributed by atoms with Crippen LogP contribution in [0, 0.1) is 5.92 Å². The van der Waals surface area contributed by atoms with E-state index in [1.54, 1.807) is 6.33 Å². The van der Waals surface area contributed by atoms with Crippen molar-refractivity contribution in [2.24, 2.45) is 18.7 Å². The van der Waals surface area contributed by atoms with E-state index in [4.69, 9.17) is 5.73 Å². The third-order valence-electron chi connectivity index (χ3n) is 2.13. The average molecular weight is 182 g/mol. The van der Waals surface area contributed by atoms with Crippen molar-refractivity contribution in [1.82, 2.24) is 14.8 Å². The van der Waals surface area contributed by atoms with Crippen LogP contribution in [0.15, 0.2) is 6.33 Å². The molecule has 1 heterocycles. The van der Waals surface area contributed by atoms with Gasteiger partial charge in [-0.25, -0.2) is 0 Å². The molecule has 0 aliphatic rings. The molecule has 13 heavy (non-hydrogen) atoms. The van der Waals surface area contributed by atoms with E-state index < -0.39 is 0 Å². The Morgan fingerprint density at radius 3 is 2.62 bits per heavy atom. The Morgan fingerprint density at radius 2 is 2.15 bits per heavy atom. The molecule has 0 amide bonds. The zero-order chi connectivity index (χ0) is 9.84. The van der Waals surface area contributed by atoms with E-state index in [0.29, 0.717) is 5.92 Å². The lowest BCUT2D eigenvalue weighted by molar-refractivity contribution is 0.486. The van der Waals surface area contributed by atoms with Crippen LogP contribution in [-0.2, 0) is 7.05 Å². The normalized spacial score (nSPS) is 13.6. The van der Waals surface area contributed by atoms with Gasteiger partial charge in [-0.05, 0) is 18.8 Å². The van der Waals surface area contributed by atoms with Crippen molar-refractivity contribution in [2.75, 3.05) is 0 Å². The Morgan fingerprint density at radius 1 is 1.46 bits per heavy atom. The van der Waals surface area contributed by atoms with E-state index in [0.717, 1.165) is 18.7 Å². The number of nitrogens with zero attached hydrogens (tertiary/aromatic N) is 3. The second kappa shape index (κ2) is 4.37. The number of rotatable bonds is 4. The van der Waals surface area contributed by atoms with Crippen LogP contribution in [0.2, 0.25) is 0 Å². The van der Waals surface area contributed by atoms with Crippen molar-refractivity contribution in [3.8, 4) is 0 Å². The molecule has 0 aromatic carbocycles. The van der Waals surface area contributed by atoms with Crippen LogP contribution < -0.4 is 5.73 Å². The Balaban J connectivity index is 2.49. The van der Waals surface area contributed by atoms with Gasteiger partial charge in [-0.15, -0.1) is 10.2 Å². The van der Waals surface area contributed by atoms with Gasteiger partial charge in [0.25, 0.3) is 0 Å². The van der Waals surface area contributed by atoms with Crippen molar-refractivity contribution in [2.45, 2.75) is 32.7 Å². The lowest BCUT2D eigenvalue weighted by atomic mass is 10.0. The number of hydrogen-bond acceptors (Lipinski definition) is 3. The largest absolute Gasteiger partial charge is 0.321 e. The summed E-state index contributed by atoms with van der Waals surface area (Å²) in [5.74, 6) is 1.57. The van der Waals surface area contributed by atoms with Crippen LogP contribution in [0.3, 0.4) is 0 Å². The third-order valence-corrected chi connectivity index (χ3v) is 2.13. The summed E-state index contributed by atoms with van der Waals surface area (Å²) in [6, 6.07) is 0.0231. The van der Waals surface area contributed by atoms with Crippen molar-refractivity contribution < 1.29 is 0 Å². The zero-order valence-electron chi connectivity index (χ0n) is 8.57. The van der Waals surface area contributed by atoms with Gasteiger partial charge in [0.2, 0.25) is 0 Å². The molecule has 1 unspecified atom stereocenters. The average Bonchev–Trinajstić information content (AvgIpc) is 2.47. The summed E-state index contributed by atoms with van der Waals surface area (Å²) in [4.78, 5) is 0. The second-order valence-corrected chi connectivity index (χ2v) is 3.88. The molecule has 0 bridgehead atoms. The topological polar surface area (TPSA) is 56.7 Å². The minimum atomic E-state index is 0.0231. The fourth-order valence-corrected chi connectivity index (χ4v) is 1.27. The summed E-state index contributed by atoms with van der Waals surface area (Å²) in [6.07, 6.45) is 3.79. The predicted octanol–water partition coefficient (Wildman–Crippen LogP) is 1.25. The molecule has 1 aromatic heterocycles. The molecule has 2 N–H and O–H groups in total. The Kier molecular flexibility index (Phi) is 3.42. The standard InChI is InChI=1S/C9H18N4/c1-7(2)4-5-8(10)9-12-11-6-13(9)3/h6-8H,4-5,10H2,1-3H3. The van der Waals surface area contributed by atoms with E-state index in [2.05, 4.69) is 24.0 Å².